The zero-order chi connectivity index (χ0) is 18.5. The first-order valence-electron chi connectivity index (χ1n) is 10.0. The van der Waals surface area contributed by atoms with Crippen LogP contribution in [0.15, 0.2) is 22.8 Å². The first-order valence-corrected chi connectivity index (χ1v) is 10.0. The monoisotopic (exact) mass is 356 g/mol. The summed E-state index contributed by atoms with van der Waals surface area (Å²) >= 11 is 0. The number of nitrogens with zero attached hydrogens (tertiary/aromatic N) is 1. The lowest BCUT2D eigenvalue weighted by atomic mass is 9.95. The molecule has 0 radical (unpaired) electrons. The van der Waals surface area contributed by atoms with Crippen molar-refractivity contribution in [3.8, 4) is 0 Å². The first-order chi connectivity index (χ1) is 12.5. The van der Waals surface area contributed by atoms with Crippen LogP contribution in [0.5, 0.6) is 0 Å². The van der Waals surface area contributed by atoms with Crippen LogP contribution in [0, 0.1) is 6.92 Å². The highest BCUT2D eigenvalue weighted by molar-refractivity contribution is 5.88. The molecule has 1 fully saturated rings. The van der Waals surface area contributed by atoms with E-state index in [2.05, 4.69) is 43.1 Å². The van der Waals surface area contributed by atoms with Gasteiger partial charge < -0.3 is 14.6 Å². The van der Waals surface area contributed by atoms with Gasteiger partial charge in [0.1, 0.15) is 5.58 Å². The van der Waals surface area contributed by atoms with E-state index >= 15 is 0 Å². The third-order valence-electron chi connectivity index (χ3n) is 5.44. The van der Waals surface area contributed by atoms with Crippen molar-refractivity contribution in [2.24, 2.45) is 0 Å². The summed E-state index contributed by atoms with van der Waals surface area (Å²) in [6, 6.07) is 4.28. The Kier molecular flexibility index (Phi) is 6.36. The SMILES string of the molecule is Cc1cc2occ(CC(=O)NCCCN3CCCCC3)c2cc1C(C)C. The quantitative estimate of drug-likeness (QED) is 0.748. The number of rotatable bonds is 7. The molecule has 1 saturated heterocycles. The zero-order valence-corrected chi connectivity index (χ0v) is 16.4. The fraction of sp³-hybridized carbons (Fsp3) is 0.591. The van der Waals surface area contributed by atoms with Gasteiger partial charge in [-0.1, -0.05) is 20.3 Å². The molecule has 1 aliphatic heterocycles. The van der Waals surface area contributed by atoms with Gasteiger partial charge in [0, 0.05) is 17.5 Å². The average Bonchev–Trinajstić information content (AvgIpc) is 3.00. The normalized spacial score (nSPS) is 15.7. The smallest absolute Gasteiger partial charge is 0.224 e. The van der Waals surface area contributed by atoms with E-state index < -0.39 is 0 Å². The van der Waals surface area contributed by atoms with Crippen molar-refractivity contribution >= 4 is 16.9 Å². The van der Waals surface area contributed by atoms with E-state index in [0.29, 0.717) is 12.3 Å². The number of benzene rings is 1. The van der Waals surface area contributed by atoms with Crippen molar-refractivity contribution in [2.75, 3.05) is 26.2 Å². The molecule has 1 amide bonds. The topological polar surface area (TPSA) is 45.5 Å². The summed E-state index contributed by atoms with van der Waals surface area (Å²) in [6.45, 7) is 10.8. The number of carbonyl (C=O) groups is 1. The molecule has 1 N–H and O–H groups in total. The highest BCUT2D eigenvalue weighted by atomic mass is 16.3. The van der Waals surface area contributed by atoms with E-state index in [4.69, 9.17) is 4.42 Å². The van der Waals surface area contributed by atoms with Crippen LogP contribution in [-0.2, 0) is 11.2 Å². The van der Waals surface area contributed by atoms with E-state index in [-0.39, 0.29) is 5.91 Å². The van der Waals surface area contributed by atoms with E-state index in [9.17, 15) is 4.79 Å². The third-order valence-corrected chi connectivity index (χ3v) is 5.44. The Morgan fingerprint density at radius 3 is 2.73 bits per heavy atom. The van der Waals surface area contributed by atoms with Crippen LogP contribution >= 0.6 is 0 Å². The van der Waals surface area contributed by atoms with Crippen molar-refractivity contribution < 1.29 is 9.21 Å². The summed E-state index contributed by atoms with van der Waals surface area (Å²) in [5, 5.41) is 4.14. The molecule has 2 heterocycles. The molecule has 0 unspecified atom stereocenters. The Labute approximate surface area is 156 Å². The van der Waals surface area contributed by atoms with E-state index in [1.165, 1.54) is 43.5 Å². The lowest BCUT2D eigenvalue weighted by Gasteiger charge is -2.26. The maximum Gasteiger partial charge on any atom is 0.224 e. The van der Waals surface area contributed by atoms with Crippen LogP contribution in [0.3, 0.4) is 0 Å². The Morgan fingerprint density at radius 2 is 2.00 bits per heavy atom. The molecule has 0 bridgehead atoms. The zero-order valence-electron chi connectivity index (χ0n) is 16.4. The molecule has 26 heavy (non-hydrogen) atoms. The van der Waals surface area contributed by atoms with Crippen LogP contribution < -0.4 is 5.32 Å². The number of aryl methyl sites for hydroxylation is 1. The van der Waals surface area contributed by atoms with Crippen molar-refractivity contribution in [1.82, 2.24) is 10.2 Å². The van der Waals surface area contributed by atoms with Crippen LogP contribution in [0.1, 0.15) is 62.1 Å². The minimum absolute atomic E-state index is 0.0815. The predicted octanol–water partition coefficient (Wildman–Crippen LogP) is 4.40. The summed E-state index contributed by atoms with van der Waals surface area (Å²) in [7, 11) is 0. The largest absolute Gasteiger partial charge is 0.464 e. The van der Waals surface area contributed by atoms with Crippen LogP contribution in [0.2, 0.25) is 0 Å². The van der Waals surface area contributed by atoms with E-state index in [1.807, 2.05) is 0 Å². The van der Waals surface area contributed by atoms with Gasteiger partial charge in [0.05, 0.1) is 12.7 Å². The summed E-state index contributed by atoms with van der Waals surface area (Å²) in [6.07, 6.45) is 7.15. The molecule has 4 nitrogen and oxygen atoms in total. The molecule has 4 heteroatoms. The fourth-order valence-electron chi connectivity index (χ4n) is 3.95. The molecule has 142 valence electrons. The number of likely N-dealkylation sites (tertiary alicyclic amines) is 1. The van der Waals surface area contributed by atoms with Crippen molar-refractivity contribution in [2.45, 2.75) is 58.8 Å². The van der Waals surface area contributed by atoms with Gasteiger partial charge in [-0.15, -0.1) is 0 Å². The molecule has 2 aromatic rings. The fourth-order valence-corrected chi connectivity index (χ4v) is 3.95. The lowest BCUT2D eigenvalue weighted by Crippen LogP contribution is -2.33. The summed E-state index contributed by atoms with van der Waals surface area (Å²) in [5.74, 6) is 0.545. The third kappa shape index (κ3) is 4.67. The predicted molar refractivity (Wildman–Crippen MR) is 107 cm³/mol. The maximum absolute atomic E-state index is 12.3. The number of amides is 1. The Hall–Kier alpha value is -1.81. The number of piperidine rings is 1. The van der Waals surface area contributed by atoms with Crippen molar-refractivity contribution in [3.05, 3.63) is 35.1 Å². The van der Waals surface area contributed by atoms with Crippen LogP contribution in [0.4, 0.5) is 0 Å². The Bertz CT molecular complexity index is 742. The van der Waals surface area contributed by atoms with Gasteiger partial charge in [-0.2, -0.15) is 0 Å². The number of fused-ring (bicyclic) bond motifs is 1. The Morgan fingerprint density at radius 1 is 1.23 bits per heavy atom. The van der Waals surface area contributed by atoms with Gasteiger partial charge >= 0.3 is 0 Å². The molecule has 0 saturated carbocycles. The van der Waals surface area contributed by atoms with Gasteiger partial charge in [0.25, 0.3) is 0 Å². The minimum Gasteiger partial charge on any atom is -0.464 e. The lowest BCUT2D eigenvalue weighted by molar-refractivity contribution is -0.120. The molecule has 3 rings (SSSR count). The van der Waals surface area contributed by atoms with Crippen molar-refractivity contribution in [1.29, 1.82) is 0 Å². The summed E-state index contributed by atoms with van der Waals surface area (Å²) in [4.78, 5) is 14.8. The van der Waals surface area contributed by atoms with E-state index in [1.54, 1.807) is 6.26 Å². The molecule has 1 aliphatic rings. The molecule has 0 spiro atoms. The van der Waals surface area contributed by atoms with Gasteiger partial charge in [0.2, 0.25) is 5.91 Å². The average molecular weight is 357 g/mol. The summed E-state index contributed by atoms with van der Waals surface area (Å²) < 4.78 is 5.68. The minimum atomic E-state index is 0.0815. The van der Waals surface area contributed by atoms with Crippen molar-refractivity contribution in [3.63, 3.8) is 0 Å². The Balaban J connectivity index is 1.53. The van der Waals surface area contributed by atoms with Gasteiger partial charge in [-0.3, -0.25) is 4.79 Å². The standard InChI is InChI=1S/C22H32N2O2/c1-16(2)19-14-20-18(15-26-21(20)12-17(19)3)13-22(25)23-8-7-11-24-9-5-4-6-10-24/h12,14-16H,4-11,13H2,1-3H3,(H,23,25). The van der Waals surface area contributed by atoms with Gasteiger partial charge in [0.15, 0.2) is 0 Å². The van der Waals surface area contributed by atoms with Gasteiger partial charge in [-0.25, -0.2) is 0 Å². The second-order valence-electron chi connectivity index (χ2n) is 7.90. The number of carbonyl (C=O) groups excluding carboxylic acids is 1. The second-order valence-corrected chi connectivity index (χ2v) is 7.90. The molecular formula is C22H32N2O2. The number of hydrogen-bond donors (Lipinski definition) is 1. The molecule has 1 aromatic carbocycles. The second kappa shape index (κ2) is 8.72. The molecule has 0 atom stereocenters. The highest BCUT2D eigenvalue weighted by Crippen LogP contribution is 2.29. The number of nitrogens with one attached hydrogen (secondary N) is 1. The van der Waals surface area contributed by atoms with E-state index in [0.717, 1.165) is 36.0 Å². The summed E-state index contributed by atoms with van der Waals surface area (Å²) in [5.41, 5.74) is 4.42. The van der Waals surface area contributed by atoms with Crippen LogP contribution in [0.25, 0.3) is 11.0 Å². The maximum atomic E-state index is 12.3. The first kappa shape index (κ1) is 19.0. The number of furan rings is 1. The van der Waals surface area contributed by atoms with Gasteiger partial charge in [-0.05, 0) is 75.0 Å². The van der Waals surface area contributed by atoms with Crippen LogP contribution in [-0.4, -0.2) is 37.0 Å². The molecule has 1 aromatic heterocycles. The molecule has 0 aliphatic carbocycles. The molecular weight excluding hydrogens is 324 g/mol. The number of hydrogen-bond acceptors (Lipinski definition) is 3. The highest BCUT2D eigenvalue weighted by Gasteiger charge is 2.14.